The van der Waals surface area contributed by atoms with Crippen LogP contribution in [0.5, 0.6) is 0 Å². The Kier molecular flexibility index (Phi) is 4.39. The first kappa shape index (κ1) is 12.4. The zero-order valence-corrected chi connectivity index (χ0v) is 8.24. The molecule has 0 aromatic rings. The minimum absolute atomic E-state index is 0.192. The Balaban J connectivity index is 3.98. The molecule has 0 rings (SSSR count). The fraction of sp³-hybridized carbons (Fsp3) is 0.857. The third-order valence-corrected chi connectivity index (χ3v) is 1.67. The van der Waals surface area contributed by atoms with E-state index in [0.29, 0.717) is 0 Å². The van der Waals surface area contributed by atoms with Gasteiger partial charge >= 0.3 is 7.12 Å². The molecule has 5 nitrogen and oxygen atoms in total. The van der Waals surface area contributed by atoms with Crippen molar-refractivity contribution in [2.24, 2.45) is 11.1 Å². The normalized spacial score (nSPS) is 13.7. The first-order valence-corrected chi connectivity index (χ1v) is 4.14. The smallest absolute Gasteiger partial charge is 0.426 e. The fourth-order valence-electron chi connectivity index (χ4n) is 0.695. The molecule has 0 fully saturated rings. The van der Waals surface area contributed by atoms with Crippen molar-refractivity contribution in [2.75, 3.05) is 6.44 Å². The van der Waals surface area contributed by atoms with Crippen LogP contribution in [0.1, 0.15) is 20.8 Å². The lowest BCUT2D eigenvalue weighted by atomic mass is 9.86. The van der Waals surface area contributed by atoms with Crippen LogP contribution in [0.15, 0.2) is 0 Å². The van der Waals surface area contributed by atoms with Gasteiger partial charge in [-0.25, -0.2) is 0 Å². The van der Waals surface area contributed by atoms with Gasteiger partial charge in [-0.05, 0) is 5.41 Å². The molecule has 5 N–H and O–H groups in total. The summed E-state index contributed by atoms with van der Waals surface area (Å²) in [6.07, 6.45) is -0.192. The Morgan fingerprint density at radius 2 is 2.00 bits per heavy atom. The lowest BCUT2D eigenvalue weighted by molar-refractivity contribution is -0.124. The lowest BCUT2D eigenvalue weighted by Crippen LogP contribution is -2.50. The third kappa shape index (κ3) is 4.87. The predicted octanol–water partition coefficient (Wildman–Crippen LogP) is -1.51. The van der Waals surface area contributed by atoms with E-state index in [9.17, 15) is 4.79 Å². The van der Waals surface area contributed by atoms with Gasteiger partial charge in [0.2, 0.25) is 5.91 Å². The van der Waals surface area contributed by atoms with Crippen LogP contribution in [-0.4, -0.2) is 35.6 Å². The standard InChI is InChI=1S/C7H17BN2O3/c1-7(2,3)5(9)6(11)10-4-8(12)13/h5,12-13H,4,9H2,1-3H3,(H,10,11)/t5-/m1/s1. The van der Waals surface area contributed by atoms with Gasteiger partial charge in [-0.3, -0.25) is 4.79 Å². The highest BCUT2D eigenvalue weighted by Crippen LogP contribution is 2.16. The van der Waals surface area contributed by atoms with E-state index in [0.717, 1.165) is 0 Å². The Morgan fingerprint density at radius 3 is 2.31 bits per heavy atom. The highest BCUT2D eigenvalue weighted by atomic mass is 16.4. The quantitative estimate of drug-likeness (QED) is 0.405. The first-order valence-electron chi connectivity index (χ1n) is 4.14. The second-order valence-electron chi connectivity index (χ2n) is 4.07. The van der Waals surface area contributed by atoms with Crippen LogP contribution >= 0.6 is 0 Å². The summed E-state index contributed by atoms with van der Waals surface area (Å²) in [4.78, 5) is 11.2. The highest BCUT2D eigenvalue weighted by Gasteiger charge is 2.27. The van der Waals surface area contributed by atoms with E-state index >= 15 is 0 Å². The molecule has 6 heteroatoms. The second-order valence-corrected chi connectivity index (χ2v) is 4.07. The molecule has 0 aromatic heterocycles. The number of rotatable bonds is 3. The molecule has 0 spiro atoms. The van der Waals surface area contributed by atoms with Gasteiger partial charge in [-0.2, -0.15) is 0 Å². The average molecular weight is 188 g/mol. The van der Waals surface area contributed by atoms with Crippen LogP contribution < -0.4 is 11.1 Å². The molecule has 0 saturated heterocycles. The van der Waals surface area contributed by atoms with Crippen molar-refractivity contribution >= 4 is 13.0 Å². The molecule has 1 amide bonds. The zero-order valence-electron chi connectivity index (χ0n) is 8.24. The molecule has 0 bridgehead atoms. The summed E-state index contributed by atoms with van der Waals surface area (Å²) in [5.41, 5.74) is 5.28. The monoisotopic (exact) mass is 188 g/mol. The Labute approximate surface area is 78.5 Å². The second kappa shape index (κ2) is 4.60. The van der Waals surface area contributed by atoms with Gasteiger partial charge in [0.1, 0.15) is 0 Å². The molecule has 0 heterocycles. The Bertz CT molecular complexity index is 179. The van der Waals surface area contributed by atoms with Gasteiger partial charge in [0.05, 0.1) is 12.5 Å². The molecule has 0 radical (unpaired) electrons. The molecule has 0 aliphatic carbocycles. The number of nitrogens with two attached hydrogens (primary N) is 1. The van der Waals surface area contributed by atoms with Crippen molar-refractivity contribution in [3.8, 4) is 0 Å². The molecule has 0 unspecified atom stereocenters. The van der Waals surface area contributed by atoms with Crippen molar-refractivity contribution in [1.82, 2.24) is 5.32 Å². The lowest BCUT2D eigenvalue weighted by Gasteiger charge is -2.25. The number of carbonyl (C=O) groups is 1. The molecule has 1 atom stereocenters. The summed E-state index contributed by atoms with van der Waals surface area (Å²) in [7, 11) is -1.53. The van der Waals surface area contributed by atoms with Crippen LogP contribution in [-0.2, 0) is 4.79 Å². The summed E-state index contributed by atoms with van der Waals surface area (Å²) >= 11 is 0. The molecule has 0 aliphatic heterocycles. The van der Waals surface area contributed by atoms with E-state index in [4.69, 9.17) is 15.8 Å². The average Bonchev–Trinajstić information content (AvgIpc) is 1.96. The Hall–Kier alpha value is -0.585. The minimum Gasteiger partial charge on any atom is -0.426 e. The van der Waals surface area contributed by atoms with Gasteiger partial charge in [0, 0.05) is 0 Å². The summed E-state index contributed by atoms with van der Waals surface area (Å²) in [6.45, 7) is 5.52. The van der Waals surface area contributed by atoms with Crippen LogP contribution in [0.2, 0.25) is 0 Å². The molecule has 76 valence electrons. The maximum Gasteiger partial charge on any atom is 0.472 e. The topological polar surface area (TPSA) is 95.6 Å². The Morgan fingerprint density at radius 1 is 1.54 bits per heavy atom. The number of carbonyl (C=O) groups excluding carboxylic acids is 1. The molecular weight excluding hydrogens is 171 g/mol. The predicted molar refractivity (Wildman–Crippen MR) is 50.6 cm³/mol. The minimum atomic E-state index is -1.53. The summed E-state index contributed by atoms with van der Waals surface area (Å²) < 4.78 is 0. The van der Waals surface area contributed by atoms with E-state index < -0.39 is 13.2 Å². The third-order valence-electron chi connectivity index (χ3n) is 1.67. The van der Waals surface area contributed by atoms with E-state index in [1.54, 1.807) is 0 Å². The van der Waals surface area contributed by atoms with Crippen molar-refractivity contribution in [3.63, 3.8) is 0 Å². The van der Waals surface area contributed by atoms with Gasteiger partial charge in [-0.1, -0.05) is 20.8 Å². The highest BCUT2D eigenvalue weighted by molar-refractivity contribution is 6.41. The van der Waals surface area contributed by atoms with Crippen molar-refractivity contribution in [3.05, 3.63) is 0 Å². The summed E-state index contributed by atoms with van der Waals surface area (Å²) in [5.74, 6) is -0.374. The number of amides is 1. The van der Waals surface area contributed by atoms with Gasteiger partial charge in [0.15, 0.2) is 0 Å². The van der Waals surface area contributed by atoms with Gasteiger partial charge < -0.3 is 21.1 Å². The van der Waals surface area contributed by atoms with Crippen molar-refractivity contribution in [1.29, 1.82) is 0 Å². The maximum absolute atomic E-state index is 11.2. The van der Waals surface area contributed by atoms with E-state index in [-0.39, 0.29) is 17.8 Å². The van der Waals surface area contributed by atoms with Gasteiger partial charge in [0.25, 0.3) is 0 Å². The molecule has 13 heavy (non-hydrogen) atoms. The number of hydrogen-bond acceptors (Lipinski definition) is 4. The first-order chi connectivity index (χ1) is 5.75. The maximum atomic E-state index is 11.2. The van der Waals surface area contributed by atoms with Crippen molar-refractivity contribution in [2.45, 2.75) is 26.8 Å². The van der Waals surface area contributed by atoms with Crippen LogP contribution in [0, 0.1) is 5.41 Å². The van der Waals surface area contributed by atoms with E-state index in [1.165, 1.54) is 0 Å². The molecule has 0 aromatic carbocycles. The van der Waals surface area contributed by atoms with Crippen LogP contribution in [0.3, 0.4) is 0 Å². The number of hydrogen-bond donors (Lipinski definition) is 4. The van der Waals surface area contributed by atoms with E-state index in [2.05, 4.69) is 5.32 Å². The zero-order chi connectivity index (χ0) is 10.6. The summed E-state index contributed by atoms with van der Waals surface area (Å²) in [6, 6.07) is -0.647. The SMILES string of the molecule is CC(C)(C)[C@H](N)C(=O)NCB(O)O. The molecule has 0 saturated carbocycles. The number of nitrogens with one attached hydrogen (secondary N) is 1. The van der Waals surface area contributed by atoms with Gasteiger partial charge in [-0.15, -0.1) is 0 Å². The summed E-state index contributed by atoms with van der Waals surface area (Å²) in [5, 5.41) is 19.3. The largest absolute Gasteiger partial charge is 0.472 e. The van der Waals surface area contributed by atoms with Crippen LogP contribution in [0.4, 0.5) is 0 Å². The molecule has 0 aliphatic rings. The fourth-order valence-corrected chi connectivity index (χ4v) is 0.695. The van der Waals surface area contributed by atoms with Crippen molar-refractivity contribution < 1.29 is 14.8 Å². The molecular formula is C7H17BN2O3. The van der Waals surface area contributed by atoms with E-state index in [1.807, 2.05) is 20.8 Å². The van der Waals surface area contributed by atoms with Crippen LogP contribution in [0.25, 0.3) is 0 Å².